The molecule has 1 saturated heterocycles. The summed E-state index contributed by atoms with van der Waals surface area (Å²) >= 11 is 1.89. The molecule has 1 heterocycles. The molecule has 1 aliphatic rings. The number of nitrogens with one attached hydrogen (secondary N) is 2. The lowest BCUT2D eigenvalue weighted by Gasteiger charge is -2.35. The highest BCUT2D eigenvalue weighted by molar-refractivity contribution is 14.0. The molecule has 0 aromatic carbocycles. The number of hydrogen-bond acceptors (Lipinski definition) is 3. The molecule has 0 aromatic heterocycles. The Hall–Kier alpha value is 0.310. The van der Waals surface area contributed by atoms with Gasteiger partial charge in [0.2, 0.25) is 0 Å². The highest BCUT2D eigenvalue weighted by Crippen LogP contribution is 2.12. The molecule has 0 saturated carbocycles. The lowest BCUT2D eigenvalue weighted by Crippen LogP contribution is -2.49. The van der Waals surface area contributed by atoms with Crippen LogP contribution in [-0.4, -0.2) is 61.1 Å². The molecule has 21 heavy (non-hydrogen) atoms. The average molecular weight is 428 g/mol. The molecule has 1 rings (SSSR count). The van der Waals surface area contributed by atoms with Crippen molar-refractivity contribution in [2.75, 3.05) is 38.2 Å². The standard InChI is InChI=1S/C15H32N4S.HI/c1-5-16-15(17-9-6-12-20-4)18-14-7-10-19(11-8-14)13(2)3;/h13-14H,5-12H2,1-4H3,(H2,16,17,18);1H. The number of halogens is 1. The van der Waals surface area contributed by atoms with Crippen LogP contribution in [0.15, 0.2) is 4.99 Å². The summed E-state index contributed by atoms with van der Waals surface area (Å²) in [5.41, 5.74) is 0. The molecule has 0 unspecified atom stereocenters. The lowest BCUT2D eigenvalue weighted by molar-refractivity contribution is 0.167. The van der Waals surface area contributed by atoms with Crippen LogP contribution in [0.25, 0.3) is 0 Å². The van der Waals surface area contributed by atoms with Crippen LogP contribution in [-0.2, 0) is 0 Å². The summed E-state index contributed by atoms with van der Waals surface area (Å²) in [6.45, 7) is 10.9. The second-order valence-corrected chi connectivity index (χ2v) is 6.64. The van der Waals surface area contributed by atoms with Crippen molar-refractivity contribution in [1.29, 1.82) is 0 Å². The fourth-order valence-corrected chi connectivity index (χ4v) is 2.89. The summed E-state index contributed by atoms with van der Waals surface area (Å²) in [6.07, 6.45) is 5.74. The number of piperidine rings is 1. The van der Waals surface area contributed by atoms with Crippen molar-refractivity contribution in [1.82, 2.24) is 15.5 Å². The third-order valence-corrected chi connectivity index (χ3v) is 4.42. The summed E-state index contributed by atoms with van der Waals surface area (Å²) < 4.78 is 0. The molecule has 0 spiro atoms. The van der Waals surface area contributed by atoms with E-state index in [0.717, 1.165) is 25.5 Å². The van der Waals surface area contributed by atoms with Crippen molar-refractivity contribution in [2.24, 2.45) is 4.99 Å². The Labute approximate surface area is 152 Å². The van der Waals surface area contributed by atoms with Crippen molar-refractivity contribution < 1.29 is 0 Å². The minimum absolute atomic E-state index is 0. The first kappa shape index (κ1) is 21.3. The Balaban J connectivity index is 0.00000400. The zero-order valence-corrected chi connectivity index (χ0v) is 17.2. The molecular formula is C15H33IN4S. The van der Waals surface area contributed by atoms with Gasteiger partial charge in [0.25, 0.3) is 0 Å². The predicted molar refractivity (Wildman–Crippen MR) is 107 cm³/mol. The van der Waals surface area contributed by atoms with Crippen LogP contribution in [0.4, 0.5) is 0 Å². The number of aliphatic imine (C=N–C) groups is 1. The van der Waals surface area contributed by atoms with Crippen molar-refractivity contribution in [3.8, 4) is 0 Å². The molecular weight excluding hydrogens is 395 g/mol. The van der Waals surface area contributed by atoms with Gasteiger partial charge < -0.3 is 15.5 Å². The number of thioether (sulfide) groups is 1. The largest absolute Gasteiger partial charge is 0.357 e. The van der Waals surface area contributed by atoms with Crippen molar-refractivity contribution in [3.63, 3.8) is 0 Å². The molecule has 2 N–H and O–H groups in total. The second kappa shape index (κ2) is 12.8. The quantitative estimate of drug-likeness (QED) is 0.283. The van der Waals surface area contributed by atoms with Crippen LogP contribution < -0.4 is 10.6 Å². The summed E-state index contributed by atoms with van der Waals surface area (Å²) in [7, 11) is 0. The maximum absolute atomic E-state index is 4.67. The van der Waals surface area contributed by atoms with Gasteiger partial charge in [0.1, 0.15) is 0 Å². The van der Waals surface area contributed by atoms with Gasteiger partial charge in [-0.1, -0.05) is 0 Å². The number of hydrogen-bond donors (Lipinski definition) is 2. The van der Waals surface area contributed by atoms with Gasteiger partial charge >= 0.3 is 0 Å². The maximum Gasteiger partial charge on any atom is 0.191 e. The molecule has 0 amide bonds. The average Bonchev–Trinajstić information content (AvgIpc) is 2.44. The van der Waals surface area contributed by atoms with Crippen LogP contribution in [0.2, 0.25) is 0 Å². The fraction of sp³-hybridized carbons (Fsp3) is 0.933. The molecule has 0 atom stereocenters. The molecule has 0 radical (unpaired) electrons. The summed E-state index contributed by atoms with van der Waals surface area (Å²) in [4.78, 5) is 7.22. The molecule has 4 nitrogen and oxygen atoms in total. The Kier molecular flexibility index (Phi) is 13.0. The topological polar surface area (TPSA) is 39.7 Å². The highest BCUT2D eigenvalue weighted by Gasteiger charge is 2.21. The van der Waals surface area contributed by atoms with E-state index in [2.05, 4.69) is 47.6 Å². The zero-order valence-electron chi connectivity index (χ0n) is 14.0. The third-order valence-electron chi connectivity index (χ3n) is 3.72. The number of guanidine groups is 1. The van der Waals surface area contributed by atoms with Gasteiger partial charge in [0, 0.05) is 38.3 Å². The summed E-state index contributed by atoms with van der Waals surface area (Å²) in [5, 5.41) is 6.96. The molecule has 6 heteroatoms. The number of nitrogens with zero attached hydrogens (tertiary/aromatic N) is 2. The minimum atomic E-state index is 0. The van der Waals surface area contributed by atoms with Gasteiger partial charge in [-0.05, 0) is 52.0 Å². The molecule has 126 valence electrons. The van der Waals surface area contributed by atoms with E-state index in [4.69, 9.17) is 0 Å². The summed E-state index contributed by atoms with van der Waals surface area (Å²) in [6, 6.07) is 1.24. The molecule has 1 fully saturated rings. The van der Waals surface area contributed by atoms with Crippen LogP contribution >= 0.6 is 35.7 Å². The SMILES string of the molecule is CCNC(=NCCCSC)NC1CCN(C(C)C)CC1.I. The van der Waals surface area contributed by atoms with Gasteiger partial charge in [0.15, 0.2) is 5.96 Å². The Morgan fingerprint density at radius 1 is 1.33 bits per heavy atom. The number of rotatable bonds is 7. The van der Waals surface area contributed by atoms with Crippen LogP contribution in [0.3, 0.4) is 0 Å². The van der Waals surface area contributed by atoms with Crippen molar-refractivity contribution in [3.05, 3.63) is 0 Å². The van der Waals surface area contributed by atoms with Crippen molar-refractivity contribution >= 4 is 41.7 Å². The highest BCUT2D eigenvalue weighted by atomic mass is 127. The Morgan fingerprint density at radius 3 is 2.52 bits per heavy atom. The Bertz CT molecular complexity index is 279. The van der Waals surface area contributed by atoms with Gasteiger partial charge in [-0.15, -0.1) is 24.0 Å². The normalized spacial score (nSPS) is 17.7. The smallest absolute Gasteiger partial charge is 0.191 e. The predicted octanol–water partition coefficient (Wildman–Crippen LogP) is 2.79. The number of likely N-dealkylation sites (tertiary alicyclic amines) is 1. The van der Waals surface area contributed by atoms with E-state index in [1.165, 1.54) is 31.7 Å². The van der Waals surface area contributed by atoms with E-state index in [0.29, 0.717) is 12.1 Å². The van der Waals surface area contributed by atoms with E-state index < -0.39 is 0 Å². The van der Waals surface area contributed by atoms with Gasteiger partial charge in [-0.3, -0.25) is 4.99 Å². The van der Waals surface area contributed by atoms with E-state index in [-0.39, 0.29) is 24.0 Å². The van der Waals surface area contributed by atoms with E-state index >= 15 is 0 Å². The van der Waals surface area contributed by atoms with E-state index in [1.807, 2.05) is 11.8 Å². The lowest BCUT2D eigenvalue weighted by atomic mass is 10.0. The molecule has 0 bridgehead atoms. The monoisotopic (exact) mass is 428 g/mol. The first-order chi connectivity index (χ1) is 9.67. The van der Waals surface area contributed by atoms with Crippen LogP contribution in [0, 0.1) is 0 Å². The first-order valence-corrected chi connectivity index (χ1v) is 9.34. The first-order valence-electron chi connectivity index (χ1n) is 7.95. The van der Waals surface area contributed by atoms with Crippen LogP contribution in [0.1, 0.15) is 40.0 Å². The summed E-state index contributed by atoms with van der Waals surface area (Å²) in [5.74, 6) is 2.19. The molecule has 0 aromatic rings. The second-order valence-electron chi connectivity index (χ2n) is 5.66. The zero-order chi connectivity index (χ0) is 14.8. The van der Waals surface area contributed by atoms with Gasteiger partial charge in [-0.25, -0.2) is 0 Å². The Morgan fingerprint density at radius 2 is 2.00 bits per heavy atom. The minimum Gasteiger partial charge on any atom is -0.357 e. The third kappa shape index (κ3) is 9.13. The molecule has 0 aliphatic carbocycles. The molecule has 1 aliphatic heterocycles. The maximum atomic E-state index is 4.67. The van der Waals surface area contributed by atoms with Crippen LogP contribution in [0.5, 0.6) is 0 Å². The van der Waals surface area contributed by atoms with E-state index in [9.17, 15) is 0 Å². The van der Waals surface area contributed by atoms with E-state index in [1.54, 1.807) is 0 Å². The van der Waals surface area contributed by atoms with Gasteiger partial charge in [-0.2, -0.15) is 11.8 Å². The van der Waals surface area contributed by atoms with Crippen molar-refractivity contribution in [2.45, 2.75) is 52.1 Å². The fourth-order valence-electron chi connectivity index (χ4n) is 2.47. The van der Waals surface area contributed by atoms with Gasteiger partial charge in [0.05, 0.1) is 0 Å².